The van der Waals surface area contributed by atoms with Gasteiger partial charge in [0, 0.05) is 18.1 Å². The standard InChI is InChI=1S/C9H7N2O/c12-9-3-1-8(2-4-9)11-6-5-10-7-11/h1-7H. The number of benzene rings is 1. The van der Waals surface area contributed by atoms with Crippen LogP contribution in [0.1, 0.15) is 0 Å². The molecular weight excluding hydrogens is 152 g/mol. The summed E-state index contributed by atoms with van der Waals surface area (Å²) in [6.07, 6.45) is 5.23. The molecule has 0 bridgehead atoms. The highest BCUT2D eigenvalue weighted by Crippen LogP contribution is 2.13. The lowest BCUT2D eigenvalue weighted by molar-refractivity contribution is 0.355. The van der Waals surface area contributed by atoms with Crippen molar-refractivity contribution in [2.45, 2.75) is 0 Å². The second-order valence-electron chi connectivity index (χ2n) is 2.46. The largest absolute Gasteiger partial charge is 0.306 e. The summed E-state index contributed by atoms with van der Waals surface area (Å²) < 4.78 is 1.85. The van der Waals surface area contributed by atoms with E-state index in [2.05, 4.69) is 4.98 Å². The van der Waals surface area contributed by atoms with Crippen molar-refractivity contribution in [1.82, 2.24) is 9.55 Å². The van der Waals surface area contributed by atoms with Gasteiger partial charge in [-0.1, -0.05) is 0 Å². The molecule has 1 radical (unpaired) electrons. The van der Waals surface area contributed by atoms with Gasteiger partial charge >= 0.3 is 0 Å². The van der Waals surface area contributed by atoms with Gasteiger partial charge in [0.05, 0.1) is 6.33 Å². The first kappa shape index (κ1) is 6.91. The van der Waals surface area contributed by atoms with Gasteiger partial charge in [0.1, 0.15) is 0 Å². The number of hydrogen-bond donors (Lipinski definition) is 0. The molecule has 3 nitrogen and oxygen atoms in total. The van der Waals surface area contributed by atoms with Crippen LogP contribution in [-0.2, 0) is 5.11 Å². The van der Waals surface area contributed by atoms with Crippen LogP contribution in [0.3, 0.4) is 0 Å². The van der Waals surface area contributed by atoms with Crippen LogP contribution in [-0.4, -0.2) is 9.55 Å². The summed E-state index contributed by atoms with van der Waals surface area (Å²) in [5, 5.41) is 10.8. The Kier molecular flexibility index (Phi) is 1.55. The summed E-state index contributed by atoms with van der Waals surface area (Å²) in [5.41, 5.74) is 0.951. The molecule has 0 saturated heterocycles. The van der Waals surface area contributed by atoms with Gasteiger partial charge in [0.15, 0.2) is 5.75 Å². The first-order valence-electron chi connectivity index (χ1n) is 3.62. The van der Waals surface area contributed by atoms with Gasteiger partial charge in [-0.25, -0.2) is 4.98 Å². The fraction of sp³-hybridized carbons (Fsp3) is 0. The van der Waals surface area contributed by atoms with Crippen LogP contribution in [0.4, 0.5) is 0 Å². The molecule has 1 aromatic carbocycles. The Balaban J connectivity index is 2.43. The topological polar surface area (TPSA) is 37.7 Å². The molecule has 59 valence electrons. The molecule has 0 aliphatic heterocycles. The van der Waals surface area contributed by atoms with E-state index in [1.807, 2.05) is 10.8 Å². The van der Waals surface area contributed by atoms with Crippen molar-refractivity contribution in [3.05, 3.63) is 43.0 Å². The van der Waals surface area contributed by atoms with E-state index in [4.69, 9.17) is 0 Å². The molecule has 0 unspecified atom stereocenters. The number of aromatic nitrogens is 2. The van der Waals surface area contributed by atoms with Crippen LogP contribution >= 0.6 is 0 Å². The highest BCUT2D eigenvalue weighted by molar-refractivity contribution is 5.36. The lowest BCUT2D eigenvalue weighted by Gasteiger charge is -1.99. The molecule has 0 aliphatic rings. The molecule has 12 heavy (non-hydrogen) atoms. The quantitative estimate of drug-likeness (QED) is 0.627. The van der Waals surface area contributed by atoms with Crippen molar-refractivity contribution < 1.29 is 5.11 Å². The minimum absolute atomic E-state index is 0.0267. The highest BCUT2D eigenvalue weighted by atomic mass is 16.3. The normalized spacial score (nSPS) is 10.0. The summed E-state index contributed by atoms with van der Waals surface area (Å²) in [7, 11) is 0. The molecular formula is C9H7N2O. The van der Waals surface area contributed by atoms with E-state index in [-0.39, 0.29) is 5.75 Å². The van der Waals surface area contributed by atoms with E-state index in [0.717, 1.165) is 5.69 Å². The molecule has 3 heteroatoms. The van der Waals surface area contributed by atoms with Gasteiger partial charge in [-0.2, -0.15) is 0 Å². The molecule has 0 amide bonds. The molecule has 2 rings (SSSR count). The van der Waals surface area contributed by atoms with E-state index >= 15 is 0 Å². The average Bonchev–Trinajstić information content (AvgIpc) is 2.58. The van der Waals surface area contributed by atoms with Crippen LogP contribution in [0.25, 0.3) is 5.69 Å². The Bertz CT molecular complexity index is 351. The maximum absolute atomic E-state index is 10.8. The lowest BCUT2D eigenvalue weighted by Crippen LogP contribution is -1.87. The lowest BCUT2D eigenvalue weighted by atomic mass is 10.3. The zero-order valence-electron chi connectivity index (χ0n) is 6.34. The first-order valence-corrected chi connectivity index (χ1v) is 3.62. The Hall–Kier alpha value is -1.77. The number of imidazole rings is 1. The van der Waals surface area contributed by atoms with Crippen LogP contribution in [0.2, 0.25) is 0 Å². The van der Waals surface area contributed by atoms with Gasteiger partial charge in [-0.15, -0.1) is 0 Å². The predicted molar refractivity (Wildman–Crippen MR) is 43.7 cm³/mol. The number of nitrogens with zero attached hydrogens (tertiary/aromatic N) is 2. The van der Waals surface area contributed by atoms with Crippen molar-refractivity contribution in [3.63, 3.8) is 0 Å². The van der Waals surface area contributed by atoms with Crippen molar-refractivity contribution in [3.8, 4) is 11.4 Å². The summed E-state index contributed by atoms with van der Waals surface area (Å²) >= 11 is 0. The van der Waals surface area contributed by atoms with Crippen LogP contribution in [0.15, 0.2) is 43.0 Å². The molecule has 2 aromatic rings. The fourth-order valence-electron chi connectivity index (χ4n) is 1.03. The van der Waals surface area contributed by atoms with E-state index in [0.29, 0.717) is 0 Å². The van der Waals surface area contributed by atoms with E-state index in [1.54, 1.807) is 24.7 Å². The van der Waals surface area contributed by atoms with E-state index < -0.39 is 0 Å². The molecule has 1 aromatic heterocycles. The molecule has 0 atom stereocenters. The summed E-state index contributed by atoms with van der Waals surface area (Å²) in [6.45, 7) is 0. The predicted octanol–water partition coefficient (Wildman–Crippen LogP) is 2.02. The van der Waals surface area contributed by atoms with Crippen LogP contribution in [0.5, 0.6) is 5.75 Å². The average molecular weight is 159 g/mol. The second-order valence-corrected chi connectivity index (χ2v) is 2.46. The molecule has 0 N–H and O–H groups in total. The number of hydrogen-bond acceptors (Lipinski definition) is 1. The third kappa shape index (κ3) is 1.16. The minimum atomic E-state index is 0.0267. The number of rotatable bonds is 1. The monoisotopic (exact) mass is 159 g/mol. The molecule has 0 saturated carbocycles. The van der Waals surface area contributed by atoms with Gasteiger partial charge < -0.3 is 4.57 Å². The van der Waals surface area contributed by atoms with Crippen LogP contribution in [0, 0.1) is 0 Å². The molecule has 0 spiro atoms. The zero-order valence-corrected chi connectivity index (χ0v) is 6.34. The second kappa shape index (κ2) is 2.70. The summed E-state index contributed by atoms with van der Waals surface area (Å²) in [4.78, 5) is 3.91. The SMILES string of the molecule is [O]c1ccc(-n2ccnc2)cc1. The highest BCUT2D eigenvalue weighted by Gasteiger charge is 1.94. The van der Waals surface area contributed by atoms with E-state index in [1.165, 1.54) is 12.1 Å². The van der Waals surface area contributed by atoms with Gasteiger partial charge in [0.25, 0.3) is 0 Å². The van der Waals surface area contributed by atoms with E-state index in [9.17, 15) is 5.11 Å². The molecule has 1 heterocycles. The fourth-order valence-corrected chi connectivity index (χ4v) is 1.03. The maximum atomic E-state index is 10.8. The smallest absolute Gasteiger partial charge is 0.178 e. The van der Waals surface area contributed by atoms with Crippen molar-refractivity contribution >= 4 is 0 Å². The van der Waals surface area contributed by atoms with Crippen molar-refractivity contribution in [1.29, 1.82) is 0 Å². The Labute approximate surface area is 69.9 Å². The van der Waals surface area contributed by atoms with Gasteiger partial charge in [-0.3, -0.25) is 5.11 Å². The Morgan fingerprint density at radius 3 is 2.50 bits per heavy atom. The third-order valence-electron chi connectivity index (χ3n) is 1.64. The minimum Gasteiger partial charge on any atom is -0.306 e. The maximum Gasteiger partial charge on any atom is 0.178 e. The Morgan fingerprint density at radius 1 is 1.17 bits per heavy atom. The van der Waals surface area contributed by atoms with Crippen molar-refractivity contribution in [2.75, 3.05) is 0 Å². The molecule has 0 aliphatic carbocycles. The third-order valence-corrected chi connectivity index (χ3v) is 1.64. The summed E-state index contributed by atoms with van der Waals surface area (Å²) in [6, 6.07) is 6.61. The first-order chi connectivity index (χ1) is 5.86. The molecule has 0 fully saturated rings. The van der Waals surface area contributed by atoms with Crippen LogP contribution < -0.4 is 0 Å². The Morgan fingerprint density at radius 2 is 1.92 bits per heavy atom. The van der Waals surface area contributed by atoms with Gasteiger partial charge in [-0.05, 0) is 24.3 Å². The summed E-state index contributed by atoms with van der Waals surface area (Å²) in [5.74, 6) is 0.0267. The zero-order chi connectivity index (χ0) is 8.39. The van der Waals surface area contributed by atoms with Crippen molar-refractivity contribution in [2.24, 2.45) is 0 Å². The van der Waals surface area contributed by atoms with Gasteiger partial charge in [0.2, 0.25) is 0 Å².